The third-order valence-corrected chi connectivity index (χ3v) is 3.79. The van der Waals surface area contributed by atoms with Crippen molar-refractivity contribution in [2.24, 2.45) is 0 Å². The van der Waals surface area contributed by atoms with Crippen LogP contribution in [-0.4, -0.2) is 10.8 Å². The molecule has 0 amide bonds. The predicted molar refractivity (Wildman–Crippen MR) is 83.9 cm³/mol. The SMILES string of the molecule is O=C(Cc1ccc(Br)cc1)c1cccc2ccncc12. The van der Waals surface area contributed by atoms with Crippen molar-refractivity contribution in [2.45, 2.75) is 6.42 Å². The molecule has 2 aromatic carbocycles. The van der Waals surface area contributed by atoms with Crippen LogP contribution in [0, 0.1) is 0 Å². The second kappa shape index (κ2) is 5.55. The highest BCUT2D eigenvalue weighted by Crippen LogP contribution is 2.20. The van der Waals surface area contributed by atoms with Crippen LogP contribution in [0.25, 0.3) is 10.8 Å². The van der Waals surface area contributed by atoms with Crippen molar-refractivity contribution in [3.8, 4) is 0 Å². The smallest absolute Gasteiger partial charge is 0.167 e. The van der Waals surface area contributed by atoms with Gasteiger partial charge in [0.05, 0.1) is 0 Å². The maximum absolute atomic E-state index is 12.5. The topological polar surface area (TPSA) is 30.0 Å². The van der Waals surface area contributed by atoms with Gasteiger partial charge in [-0.25, -0.2) is 0 Å². The van der Waals surface area contributed by atoms with E-state index in [9.17, 15) is 4.79 Å². The first kappa shape index (κ1) is 13.0. The first-order chi connectivity index (χ1) is 9.74. The summed E-state index contributed by atoms with van der Waals surface area (Å²) >= 11 is 3.40. The molecule has 3 heteroatoms. The minimum atomic E-state index is 0.117. The molecule has 0 aliphatic rings. The Hall–Kier alpha value is -2.00. The van der Waals surface area contributed by atoms with E-state index in [1.165, 1.54) is 0 Å². The number of benzene rings is 2. The minimum Gasteiger partial charge on any atom is -0.294 e. The van der Waals surface area contributed by atoms with Crippen LogP contribution in [-0.2, 0) is 6.42 Å². The van der Waals surface area contributed by atoms with Crippen LogP contribution in [0.1, 0.15) is 15.9 Å². The van der Waals surface area contributed by atoms with Gasteiger partial charge in [0, 0.05) is 34.2 Å². The van der Waals surface area contributed by atoms with E-state index in [-0.39, 0.29) is 5.78 Å². The van der Waals surface area contributed by atoms with Gasteiger partial charge in [-0.2, -0.15) is 0 Å². The fourth-order valence-corrected chi connectivity index (χ4v) is 2.50. The number of nitrogens with zero attached hydrogens (tertiary/aromatic N) is 1. The van der Waals surface area contributed by atoms with Gasteiger partial charge in [0.1, 0.15) is 0 Å². The van der Waals surface area contributed by atoms with Crippen molar-refractivity contribution in [1.29, 1.82) is 0 Å². The van der Waals surface area contributed by atoms with Crippen LogP contribution in [0.15, 0.2) is 65.4 Å². The number of carbonyl (C=O) groups is 1. The van der Waals surface area contributed by atoms with Crippen LogP contribution >= 0.6 is 15.9 Å². The molecule has 0 aliphatic carbocycles. The summed E-state index contributed by atoms with van der Waals surface area (Å²) in [6.45, 7) is 0. The molecule has 3 aromatic rings. The van der Waals surface area contributed by atoms with Crippen LogP contribution in [0.4, 0.5) is 0 Å². The zero-order valence-corrected chi connectivity index (χ0v) is 12.3. The minimum absolute atomic E-state index is 0.117. The number of Topliss-reactive ketones (excluding diaryl/α,β-unsaturated/α-hetero) is 1. The summed E-state index contributed by atoms with van der Waals surface area (Å²) in [5.74, 6) is 0.117. The number of hydrogen-bond donors (Lipinski definition) is 0. The third kappa shape index (κ3) is 2.63. The van der Waals surface area contributed by atoms with Gasteiger partial charge in [0.25, 0.3) is 0 Å². The third-order valence-electron chi connectivity index (χ3n) is 3.26. The van der Waals surface area contributed by atoms with Gasteiger partial charge in [-0.1, -0.05) is 46.3 Å². The molecule has 2 nitrogen and oxygen atoms in total. The van der Waals surface area contributed by atoms with E-state index in [0.717, 1.165) is 26.4 Å². The van der Waals surface area contributed by atoms with E-state index >= 15 is 0 Å². The number of hydrogen-bond acceptors (Lipinski definition) is 2. The van der Waals surface area contributed by atoms with Crippen molar-refractivity contribution in [3.05, 3.63) is 76.5 Å². The first-order valence-electron chi connectivity index (χ1n) is 6.34. The predicted octanol–water partition coefficient (Wildman–Crippen LogP) is 4.42. The monoisotopic (exact) mass is 325 g/mol. The lowest BCUT2D eigenvalue weighted by molar-refractivity contribution is 0.0994. The molecule has 0 radical (unpaired) electrons. The lowest BCUT2D eigenvalue weighted by Crippen LogP contribution is -2.04. The summed E-state index contributed by atoms with van der Waals surface area (Å²) in [5.41, 5.74) is 1.75. The fourth-order valence-electron chi connectivity index (χ4n) is 2.24. The molecule has 0 spiro atoms. The quantitative estimate of drug-likeness (QED) is 0.667. The van der Waals surface area contributed by atoms with Gasteiger partial charge < -0.3 is 0 Å². The molecule has 0 fully saturated rings. The molecule has 98 valence electrons. The summed E-state index contributed by atoms with van der Waals surface area (Å²) in [7, 11) is 0. The fraction of sp³-hybridized carbons (Fsp3) is 0.0588. The molecule has 3 rings (SSSR count). The van der Waals surface area contributed by atoms with E-state index in [2.05, 4.69) is 20.9 Å². The van der Waals surface area contributed by atoms with Gasteiger partial charge in [-0.05, 0) is 29.1 Å². The molecule has 0 N–H and O–H groups in total. The largest absolute Gasteiger partial charge is 0.294 e. The molecule has 0 aliphatic heterocycles. The highest BCUT2D eigenvalue weighted by molar-refractivity contribution is 9.10. The molecule has 0 unspecified atom stereocenters. The average molecular weight is 326 g/mol. The van der Waals surface area contributed by atoms with Crippen LogP contribution < -0.4 is 0 Å². The molecule has 0 saturated carbocycles. The Morgan fingerprint density at radius 1 is 1.05 bits per heavy atom. The number of pyridine rings is 1. The lowest BCUT2D eigenvalue weighted by atomic mass is 9.99. The van der Waals surface area contributed by atoms with Crippen LogP contribution in [0.5, 0.6) is 0 Å². The Morgan fingerprint density at radius 3 is 2.65 bits per heavy atom. The number of carbonyl (C=O) groups excluding carboxylic acids is 1. The van der Waals surface area contributed by atoms with Gasteiger partial charge in [-0.3, -0.25) is 9.78 Å². The standard InChI is InChI=1S/C17H12BrNO/c18-14-6-4-12(5-7-14)10-17(20)15-3-1-2-13-8-9-19-11-16(13)15/h1-9,11H,10H2. The average Bonchev–Trinajstić information content (AvgIpc) is 2.49. The Kier molecular flexibility index (Phi) is 3.61. The summed E-state index contributed by atoms with van der Waals surface area (Å²) in [4.78, 5) is 16.6. The molecular weight excluding hydrogens is 314 g/mol. The van der Waals surface area contributed by atoms with E-state index in [1.54, 1.807) is 12.4 Å². The zero-order valence-electron chi connectivity index (χ0n) is 10.7. The van der Waals surface area contributed by atoms with Gasteiger partial charge >= 0.3 is 0 Å². The summed E-state index contributed by atoms with van der Waals surface area (Å²) in [5, 5.41) is 1.96. The maximum Gasteiger partial charge on any atom is 0.167 e. The van der Waals surface area contributed by atoms with Crippen LogP contribution in [0.2, 0.25) is 0 Å². The van der Waals surface area contributed by atoms with E-state index < -0.39 is 0 Å². The highest BCUT2D eigenvalue weighted by atomic mass is 79.9. The Morgan fingerprint density at radius 2 is 1.85 bits per heavy atom. The number of rotatable bonds is 3. The number of ketones is 1. The first-order valence-corrected chi connectivity index (χ1v) is 7.14. The van der Waals surface area contributed by atoms with Gasteiger partial charge in [0.2, 0.25) is 0 Å². The van der Waals surface area contributed by atoms with E-state index in [1.807, 2.05) is 48.5 Å². The van der Waals surface area contributed by atoms with Crippen LogP contribution in [0.3, 0.4) is 0 Å². The normalized spacial score (nSPS) is 10.7. The molecular formula is C17H12BrNO. The second-order valence-electron chi connectivity index (χ2n) is 4.63. The van der Waals surface area contributed by atoms with Crippen molar-refractivity contribution in [1.82, 2.24) is 4.98 Å². The van der Waals surface area contributed by atoms with Gasteiger partial charge in [-0.15, -0.1) is 0 Å². The van der Waals surface area contributed by atoms with Crippen molar-refractivity contribution >= 4 is 32.5 Å². The van der Waals surface area contributed by atoms with E-state index in [4.69, 9.17) is 0 Å². The lowest BCUT2D eigenvalue weighted by Gasteiger charge is -2.05. The number of fused-ring (bicyclic) bond motifs is 1. The van der Waals surface area contributed by atoms with E-state index in [0.29, 0.717) is 6.42 Å². The molecule has 0 saturated heterocycles. The Bertz CT molecular complexity index is 760. The van der Waals surface area contributed by atoms with Gasteiger partial charge in [0.15, 0.2) is 5.78 Å². The Balaban J connectivity index is 1.94. The summed E-state index contributed by atoms with van der Waals surface area (Å²) in [6.07, 6.45) is 3.90. The second-order valence-corrected chi connectivity index (χ2v) is 5.54. The molecule has 1 aromatic heterocycles. The maximum atomic E-state index is 12.5. The molecule has 1 heterocycles. The summed E-state index contributed by atoms with van der Waals surface area (Å²) < 4.78 is 1.02. The van der Waals surface area contributed by atoms with Crippen molar-refractivity contribution < 1.29 is 4.79 Å². The summed E-state index contributed by atoms with van der Waals surface area (Å²) in [6, 6.07) is 15.5. The van der Waals surface area contributed by atoms with Crippen molar-refractivity contribution in [3.63, 3.8) is 0 Å². The Labute approximate surface area is 125 Å². The number of halogens is 1. The zero-order chi connectivity index (χ0) is 13.9. The molecule has 0 atom stereocenters. The number of aromatic nitrogens is 1. The van der Waals surface area contributed by atoms with Crippen molar-refractivity contribution in [2.75, 3.05) is 0 Å². The molecule has 20 heavy (non-hydrogen) atoms. The highest BCUT2D eigenvalue weighted by Gasteiger charge is 2.10. The molecule has 0 bridgehead atoms.